The number of rotatable bonds is 8. The number of para-hydroxylation sites is 1. The Hall–Kier alpha value is -1.02. The van der Waals surface area contributed by atoms with Gasteiger partial charge in [0.15, 0.2) is 0 Å². The number of unbranched alkanes of at least 4 members (excludes halogenated alkanes) is 3. The van der Waals surface area contributed by atoms with Crippen molar-refractivity contribution in [3.05, 3.63) is 29.3 Å². The highest BCUT2D eigenvalue weighted by Crippen LogP contribution is 2.22. The van der Waals surface area contributed by atoms with Gasteiger partial charge in [-0.05, 0) is 69.9 Å². The molecule has 1 aliphatic heterocycles. The van der Waals surface area contributed by atoms with E-state index in [0.717, 1.165) is 12.4 Å². The number of piperidine rings is 1. The second-order valence-corrected chi connectivity index (χ2v) is 6.54. The first-order valence-electron chi connectivity index (χ1n) is 8.80. The van der Waals surface area contributed by atoms with Crippen LogP contribution in [0.3, 0.4) is 0 Å². The van der Waals surface area contributed by atoms with Crippen LogP contribution in [0.15, 0.2) is 18.2 Å². The molecule has 1 aromatic carbocycles. The van der Waals surface area contributed by atoms with E-state index in [4.69, 9.17) is 4.74 Å². The molecule has 1 aromatic rings. The van der Waals surface area contributed by atoms with Crippen molar-refractivity contribution in [2.24, 2.45) is 0 Å². The van der Waals surface area contributed by atoms with Crippen LogP contribution < -0.4 is 9.64 Å². The molecule has 2 rings (SSSR count). The lowest BCUT2D eigenvalue weighted by Gasteiger charge is -2.23. The van der Waals surface area contributed by atoms with Crippen molar-refractivity contribution in [1.82, 2.24) is 0 Å². The summed E-state index contributed by atoms with van der Waals surface area (Å²) in [5.74, 6) is 1.09. The van der Waals surface area contributed by atoms with Crippen LogP contribution in [0.4, 0.5) is 0 Å². The van der Waals surface area contributed by atoms with Crippen LogP contribution >= 0.6 is 0 Å². The van der Waals surface area contributed by atoms with E-state index in [-0.39, 0.29) is 0 Å². The number of nitrogens with one attached hydrogen (secondary N) is 1. The first kappa shape index (κ1) is 16.4. The quantitative estimate of drug-likeness (QED) is 0.725. The minimum Gasteiger partial charge on any atom is -0.493 e. The van der Waals surface area contributed by atoms with Crippen LogP contribution in [0.5, 0.6) is 5.75 Å². The second kappa shape index (κ2) is 9.09. The minimum absolute atomic E-state index is 0.863. The lowest BCUT2D eigenvalue weighted by molar-refractivity contribution is -0.905. The maximum atomic E-state index is 5.96. The zero-order chi connectivity index (χ0) is 14.9. The molecule has 2 nitrogen and oxygen atoms in total. The van der Waals surface area contributed by atoms with Crippen LogP contribution in [-0.4, -0.2) is 26.2 Å². The summed E-state index contributed by atoms with van der Waals surface area (Å²) in [6.45, 7) is 9.33. The molecule has 0 amide bonds. The molecule has 1 fully saturated rings. The number of likely N-dealkylation sites (tertiary alicyclic amines) is 1. The Labute approximate surface area is 130 Å². The van der Waals surface area contributed by atoms with Gasteiger partial charge in [0.25, 0.3) is 0 Å². The van der Waals surface area contributed by atoms with Gasteiger partial charge in [-0.1, -0.05) is 18.2 Å². The minimum atomic E-state index is 0.863. The van der Waals surface area contributed by atoms with Gasteiger partial charge >= 0.3 is 0 Å². The summed E-state index contributed by atoms with van der Waals surface area (Å²) in [6, 6.07) is 6.36. The molecule has 0 radical (unpaired) electrons. The number of quaternary nitrogens is 1. The first-order valence-corrected chi connectivity index (χ1v) is 8.80. The lowest BCUT2D eigenvalue weighted by Crippen LogP contribution is -3.12. The van der Waals surface area contributed by atoms with E-state index in [0.29, 0.717) is 0 Å². The molecule has 0 saturated carbocycles. The van der Waals surface area contributed by atoms with Crippen molar-refractivity contribution in [2.75, 3.05) is 26.2 Å². The Bertz CT molecular complexity index is 390. The zero-order valence-electron chi connectivity index (χ0n) is 13.9. The van der Waals surface area contributed by atoms with Gasteiger partial charge in [-0.2, -0.15) is 0 Å². The Kier molecular flexibility index (Phi) is 7.08. The van der Waals surface area contributed by atoms with Crippen molar-refractivity contribution < 1.29 is 9.64 Å². The molecule has 0 bridgehead atoms. The lowest BCUT2D eigenvalue weighted by atomic mass is 10.1. The summed E-state index contributed by atoms with van der Waals surface area (Å²) < 4.78 is 5.96. The average molecular weight is 290 g/mol. The number of aryl methyl sites for hydroxylation is 2. The highest BCUT2D eigenvalue weighted by Gasteiger charge is 2.12. The van der Waals surface area contributed by atoms with Gasteiger partial charge in [-0.3, -0.25) is 0 Å². The predicted molar refractivity (Wildman–Crippen MR) is 89.3 cm³/mol. The van der Waals surface area contributed by atoms with Crippen molar-refractivity contribution >= 4 is 0 Å². The second-order valence-electron chi connectivity index (χ2n) is 6.54. The first-order chi connectivity index (χ1) is 10.3. The van der Waals surface area contributed by atoms with Crippen molar-refractivity contribution in [1.29, 1.82) is 0 Å². The van der Waals surface area contributed by atoms with Gasteiger partial charge in [0, 0.05) is 0 Å². The van der Waals surface area contributed by atoms with Crippen LogP contribution in [0, 0.1) is 13.8 Å². The Morgan fingerprint density at radius 3 is 2.29 bits per heavy atom. The molecule has 0 unspecified atom stereocenters. The van der Waals surface area contributed by atoms with E-state index in [2.05, 4.69) is 32.0 Å². The number of hydrogen-bond acceptors (Lipinski definition) is 1. The smallest absolute Gasteiger partial charge is 0.125 e. The van der Waals surface area contributed by atoms with E-state index < -0.39 is 0 Å². The molecule has 1 saturated heterocycles. The predicted octanol–water partition coefficient (Wildman–Crippen LogP) is 3.31. The largest absolute Gasteiger partial charge is 0.493 e. The molecule has 0 atom stereocenters. The molecule has 118 valence electrons. The third-order valence-corrected chi connectivity index (χ3v) is 4.64. The fourth-order valence-corrected chi connectivity index (χ4v) is 3.33. The Morgan fingerprint density at radius 2 is 1.57 bits per heavy atom. The van der Waals surface area contributed by atoms with Gasteiger partial charge in [0.05, 0.1) is 26.2 Å². The fraction of sp³-hybridized carbons (Fsp3) is 0.684. The van der Waals surface area contributed by atoms with Gasteiger partial charge < -0.3 is 9.64 Å². The average Bonchev–Trinajstić information content (AvgIpc) is 2.50. The maximum Gasteiger partial charge on any atom is 0.125 e. The van der Waals surface area contributed by atoms with Crippen molar-refractivity contribution in [2.45, 2.75) is 58.8 Å². The number of ether oxygens (including phenoxy) is 1. The number of hydrogen-bond donors (Lipinski definition) is 1. The highest BCUT2D eigenvalue weighted by atomic mass is 16.5. The topological polar surface area (TPSA) is 13.7 Å². The summed E-state index contributed by atoms with van der Waals surface area (Å²) in [5.41, 5.74) is 2.51. The van der Waals surface area contributed by atoms with Crippen molar-refractivity contribution in [3.63, 3.8) is 0 Å². The SMILES string of the molecule is Cc1cccc(C)c1OCCCCCC[NH+]1CCCCC1. The van der Waals surface area contributed by atoms with Crippen LogP contribution in [-0.2, 0) is 0 Å². The van der Waals surface area contributed by atoms with Gasteiger partial charge in [-0.15, -0.1) is 0 Å². The van der Waals surface area contributed by atoms with Gasteiger partial charge in [0.1, 0.15) is 5.75 Å². The highest BCUT2D eigenvalue weighted by molar-refractivity contribution is 5.39. The van der Waals surface area contributed by atoms with E-state index in [1.54, 1.807) is 0 Å². The molecular weight excluding hydrogens is 258 g/mol. The monoisotopic (exact) mass is 290 g/mol. The zero-order valence-corrected chi connectivity index (χ0v) is 13.9. The molecule has 0 spiro atoms. The molecule has 1 heterocycles. The molecule has 2 heteroatoms. The molecule has 1 aliphatic rings. The van der Waals surface area contributed by atoms with Gasteiger partial charge in [-0.25, -0.2) is 0 Å². The summed E-state index contributed by atoms with van der Waals surface area (Å²) in [7, 11) is 0. The summed E-state index contributed by atoms with van der Waals surface area (Å²) in [5, 5.41) is 0. The Morgan fingerprint density at radius 1 is 0.905 bits per heavy atom. The molecular formula is C19H32NO+. The molecule has 0 aromatic heterocycles. The van der Waals surface area contributed by atoms with Gasteiger partial charge in [0.2, 0.25) is 0 Å². The fourth-order valence-electron chi connectivity index (χ4n) is 3.33. The van der Waals surface area contributed by atoms with E-state index in [1.165, 1.54) is 75.7 Å². The normalized spacial score (nSPS) is 16.1. The van der Waals surface area contributed by atoms with Crippen LogP contribution in [0.1, 0.15) is 56.1 Å². The standard InChI is InChI=1S/C19H31NO/c1-17-11-10-12-18(2)19(17)21-16-9-4-3-6-13-20-14-7-5-8-15-20/h10-12H,3-9,13-16H2,1-2H3/p+1. The van der Waals surface area contributed by atoms with E-state index in [9.17, 15) is 0 Å². The van der Waals surface area contributed by atoms with E-state index in [1.807, 2.05) is 4.90 Å². The third-order valence-electron chi connectivity index (χ3n) is 4.64. The molecule has 21 heavy (non-hydrogen) atoms. The summed E-state index contributed by atoms with van der Waals surface area (Å²) in [6.07, 6.45) is 9.58. The Balaban J connectivity index is 1.52. The molecule has 0 aliphatic carbocycles. The summed E-state index contributed by atoms with van der Waals surface area (Å²) >= 11 is 0. The third kappa shape index (κ3) is 5.70. The summed E-state index contributed by atoms with van der Waals surface area (Å²) in [4.78, 5) is 1.84. The maximum absolute atomic E-state index is 5.96. The van der Waals surface area contributed by atoms with E-state index >= 15 is 0 Å². The van der Waals surface area contributed by atoms with Crippen LogP contribution in [0.2, 0.25) is 0 Å². The van der Waals surface area contributed by atoms with Crippen molar-refractivity contribution in [3.8, 4) is 5.75 Å². The molecule has 1 N–H and O–H groups in total. The number of benzene rings is 1. The van der Waals surface area contributed by atoms with Crippen LogP contribution in [0.25, 0.3) is 0 Å².